The molecule has 2 heterocycles. The maximum Gasteiger partial charge on any atom is 0.258 e. The van der Waals surface area contributed by atoms with Crippen LogP contribution in [0.3, 0.4) is 0 Å². The Kier molecular flexibility index (Phi) is 3.72. The summed E-state index contributed by atoms with van der Waals surface area (Å²) in [7, 11) is 0. The van der Waals surface area contributed by atoms with E-state index in [2.05, 4.69) is 9.97 Å². The minimum absolute atomic E-state index is 0.0440. The predicted molar refractivity (Wildman–Crippen MR) is 77.6 cm³/mol. The summed E-state index contributed by atoms with van der Waals surface area (Å²) in [5, 5.41) is 1.25. The average molecular weight is 301 g/mol. The van der Waals surface area contributed by atoms with Crippen molar-refractivity contribution in [3.05, 3.63) is 39.9 Å². The molecule has 1 aromatic carbocycles. The molecule has 3 rings (SSSR count). The van der Waals surface area contributed by atoms with Gasteiger partial charge in [-0.05, 0) is 17.7 Å². The Balaban J connectivity index is 1.83. The van der Waals surface area contributed by atoms with Crippen LogP contribution in [-0.2, 0) is 27.5 Å². The van der Waals surface area contributed by atoms with Gasteiger partial charge in [-0.15, -0.1) is 0 Å². The van der Waals surface area contributed by atoms with Gasteiger partial charge < -0.3 is 4.98 Å². The normalized spacial score (nSPS) is 15.0. The van der Waals surface area contributed by atoms with E-state index in [9.17, 15) is 14.4 Å². The molecule has 1 N–H and O–H groups in total. The maximum absolute atomic E-state index is 12.0. The standard InChI is InChI=1S/C15H15N3O4/c1-2-12-16-11-4-3-9(7-10(11)15(21)17-12)8-22-18-13(19)5-6-14(18)20/h3-4,7H,2,5-6,8H2,1H3,(H,16,17,21). The van der Waals surface area contributed by atoms with Crippen molar-refractivity contribution in [2.24, 2.45) is 0 Å². The lowest BCUT2D eigenvalue weighted by Gasteiger charge is -2.13. The molecule has 0 spiro atoms. The minimum atomic E-state index is -0.335. The monoisotopic (exact) mass is 301 g/mol. The summed E-state index contributed by atoms with van der Waals surface area (Å²) >= 11 is 0. The number of imide groups is 1. The third kappa shape index (κ3) is 2.62. The van der Waals surface area contributed by atoms with Crippen molar-refractivity contribution in [1.29, 1.82) is 0 Å². The molecule has 1 aromatic heterocycles. The molecule has 0 saturated carbocycles. The minimum Gasteiger partial charge on any atom is -0.310 e. The highest BCUT2D eigenvalue weighted by Gasteiger charge is 2.30. The number of nitrogens with one attached hydrogen (secondary N) is 1. The average Bonchev–Trinajstić information content (AvgIpc) is 2.84. The number of carbonyl (C=O) groups is 2. The molecule has 1 aliphatic heterocycles. The number of hydrogen-bond acceptors (Lipinski definition) is 5. The number of carbonyl (C=O) groups excluding carboxylic acids is 2. The second kappa shape index (κ2) is 5.69. The van der Waals surface area contributed by atoms with Gasteiger partial charge in [0, 0.05) is 19.3 Å². The van der Waals surface area contributed by atoms with Gasteiger partial charge in [0.25, 0.3) is 17.4 Å². The quantitative estimate of drug-likeness (QED) is 0.853. The number of rotatable bonds is 4. The fraction of sp³-hybridized carbons (Fsp3) is 0.333. The lowest BCUT2D eigenvalue weighted by atomic mass is 10.1. The van der Waals surface area contributed by atoms with E-state index >= 15 is 0 Å². The molecule has 2 aromatic rings. The molecule has 7 heteroatoms. The SMILES string of the molecule is CCc1nc2ccc(CON3C(=O)CCC3=O)cc2c(=O)[nH]1. The fourth-order valence-electron chi connectivity index (χ4n) is 2.33. The third-order valence-electron chi connectivity index (χ3n) is 3.52. The van der Waals surface area contributed by atoms with Gasteiger partial charge in [0.1, 0.15) is 12.4 Å². The molecule has 1 fully saturated rings. The van der Waals surface area contributed by atoms with E-state index in [-0.39, 0.29) is 36.8 Å². The molecule has 114 valence electrons. The molecule has 1 aliphatic rings. The molecule has 0 radical (unpaired) electrons. The van der Waals surface area contributed by atoms with Gasteiger partial charge >= 0.3 is 0 Å². The third-order valence-corrected chi connectivity index (χ3v) is 3.52. The Hall–Kier alpha value is -2.54. The Morgan fingerprint density at radius 1 is 1.23 bits per heavy atom. The van der Waals surface area contributed by atoms with Crippen molar-refractivity contribution in [2.45, 2.75) is 32.8 Å². The number of aryl methyl sites for hydroxylation is 1. The number of H-pyrrole nitrogens is 1. The van der Waals surface area contributed by atoms with Crippen molar-refractivity contribution in [2.75, 3.05) is 0 Å². The Morgan fingerprint density at radius 2 is 1.95 bits per heavy atom. The van der Waals surface area contributed by atoms with Gasteiger partial charge in [0.15, 0.2) is 0 Å². The van der Waals surface area contributed by atoms with Crippen molar-refractivity contribution in [3.63, 3.8) is 0 Å². The van der Waals surface area contributed by atoms with Crippen LogP contribution in [0.25, 0.3) is 10.9 Å². The summed E-state index contributed by atoms with van der Waals surface area (Å²) in [5.41, 5.74) is 1.09. The van der Waals surface area contributed by atoms with Crippen molar-refractivity contribution in [1.82, 2.24) is 15.0 Å². The number of hydrogen-bond donors (Lipinski definition) is 1. The number of aromatic nitrogens is 2. The highest BCUT2D eigenvalue weighted by molar-refractivity contribution is 6.00. The van der Waals surface area contributed by atoms with Gasteiger partial charge in [0.2, 0.25) is 0 Å². The molecule has 22 heavy (non-hydrogen) atoms. The molecule has 0 atom stereocenters. The van der Waals surface area contributed by atoms with Crippen LogP contribution in [0.4, 0.5) is 0 Å². The molecule has 0 bridgehead atoms. The lowest BCUT2D eigenvalue weighted by Crippen LogP contribution is -2.29. The zero-order valence-electron chi connectivity index (χ0n) is 12.1. The summed E-state index contributed by atoms with van der Waals surface area (Å²) in [4.78, 5) is 47.2. The number of amides is 2. The number of aromatic amines is 1. The second-order valence-electron chi connectivity index (χ2n) is 5.07. The van der Waals surface area contributed by atoms with E-state index in [1.165, 1.54) is 0 Å². The molecule has 2 amide bonds. The zero-order valence-corrected chi connectivity index (χ0v) is 12.1. The Morgan fingerprint density at radius 3 is 2.64 bits per heavy atom. The van der Waals surface area contributed by atoms with Crippen LogP contribution in [0.5, 0.6) is 0 Å². The molecule has 0 aliphatic carbocycles. The van der Waals surface area contributed by atoms with Crippen LogP contribution in [0.15, 0.2) is 23.0 Å². The lowest BCUT2D eigenvalue weighted by molar-refractivity contribution is -0.191. The predicted octanol–water partition coefficient (Wildman–Crippen LogP) is 1.07. The van der Waals surface area contributed by atoms with Crippen LogP contribution in [0, 0.1) is 0 Å². The van der Waals surface area contributed by atoms with Crippen LogP contribution in [0.2, 0.25) is 0 Å². The molecule has 7 nitrogen and oxygen atoms in total. The first-order chi connectivity index (χ1) is 10.6. The summed E-state index contributed by atoms with van der Waals surface area (Å²) < 4.78 is 0. The smallest absolute Gasteiger partial charge is 0.258 e. The Bertz CT molecular complexity index is 796. The van der Waals surface area contributed by atoms with Crippen LogP contribution >= 0.6 is 0 Å². The first-order valence-electron chi connectivity index (χ1n) is 7.09. The fourth-order valence-corrected chi connectivity index (χ4v) is 2.33. The highest BCUT2D eigenvalue weighted by atomic mass is 16.7. The van der Waals surface area contributed by atoms with E-state index in [1.54, 1.807) is 18.2 Å². The van der Waals surface area contributed by atoms with Crippen molar-refractivity contribution >= 4 is 22.7 Å². The summed E-state index contributed by atoms with van der Waals surface area (Å²) in [6, 6.07) is 5.15. The second-order valence-corrected chi connectivity index (χ2v) is 5.07. The molecular formula is C15H15N3O4. The number of nitrogens with zero attached hydrogens (tertiary/aromatic N) is 2. The highest BCUT2D eigenvalue weighted by Crippen LogP contribution is 2.16. The topological polar surface area (TPSA) is 92.4 Å². The van der Waals surface area contributed by atoms with E-state index < -0.39 is 0 Å². The summed E-state index contributed by atoms with van der Waals surface area (Å²) in [6.45, 7) is 1.96. The van der Waals surface area contributed by atoms with Crippen molar-refractivity contribution < 1.29 is 14.4 Å². The van der Waals surface area contributed by atoms with Gasteiger partial charge in [-0.3, -0.25) is 19.2 Å². The summed E-state index contributed by atoms with van der Waals surface area (Å²) in [6.07, 6.45) is 1.01. The zero-order chi connectivity index (χ0) is 15.7. The first kappa shape index (κ1) is 14.4. The van der Waals surface area contributed by atoms with Crippen LogP contribution < -0.4 is 5.56 Å². The van der Waals surface area contributed by atoms with Gasteiger partial charge in [0.05, 0.1) is 10.9 Å². The molecule has 0 unspecified atom stereocenters. The van der Waals surface area contributed by atoms with Crippen molar-refractivity contribution in [3.8, 4) is 0 Å². The maximum atomic E-state index is 12.0. The number of fused-ring (bicyclic) bond motifs is 1. The van der Waals surface area contributed by atoms with Gasteiger partial charge in [-0.25, -0.2) is 4.98 Å². The van der Waals surface area contributed by atoms with Crippen LogP contribution in [0.1, 0.15) is 31.2 Å². The van der Waals surface area contributed by atoms with E-state index in [1.807, 2.05) is 6.92 Å². The van der Waals surface area contributed by atoms with E-state index in [0.717, 1.165) is 5.06 Å². The van der Waals surface area contributed by atoms with Crippen LogP contribution in [-0.4, -0.2) is 26.8 Å². The first-order valence-corrected chi connectivity index (χ1v) is 7.09. The molecular weight excluding hydrogens is 286 g/mol. The van der Waals surface area contributed by atoms with Gasteiger partial charge in [-0.1, -0.05) is 13.0 Å². The largest absolute Gasteiger partial charge is 0.310 e. The summed E-state index contributed by atoms with van der Waals surface area (Å²) in [5.74, 6) is -0.0365. The Labute approximate surface area is 125 Å². The number of hydroxylamine groups is 2. The van der Waals surface area contributed by atoms with E-state index in [4.69, 9.17) is 4.84 Å². The number of benzene rings is 1. The van der Waals surface area contributed by atoms with Gasteiger partial charge in [-0.2, -0.15) is 5.06 Å². The molecule has 1 saturated heterocycles. The van der Waals surface area contributed by atoms with E-state index in [0.29, 0.717) is 28.7 Å².